The van der Waals surface area contributed by atoms with Gasteiger partial charge in [-0.3, -0.25) is 58.6 Å². The lowest BCUT2D eigenvalue weighted by molar-refractivity contribution is -0.384. The minimum atomic E-state index is -0.808. The number of hydrogen-bond acceptors (Lipinski definition) is 17. The van der Waals surface area contributed by atoms with Gasteiger partial charge in [0.2, 0.25) is 0 Å². The maximum Gasteiger partial charge on any atom is 0.320 e. The Hall–Kier alpha value is -4.23. The van der Waals surface area contributed by atoms with Gasteiger partial charge in [-0.05, 0) is 116 Å². The predicted octanol–water partition coefficient (Wildman–Crippen LogP) is 4.74. The van der Waals surface area contributed by atoms with Crippen LogP contribution in [0.3, 0.4) is 0 Å². The molecule has 0 bridgehead atoms. The van der Waals surface area contributed by atoms with Crippen LogP contribution in [0.15, 0.2) is 24.3 Å². The maximum atomic E-state index is 13.6. The molecule has 0 spiro atoms. The summed E-state index contributed by atoms with van der Waals surface area (Å²) in [4.78, 5) is 87.9. The number of rotatable bonds is 16. The Morgan fingerprint density at radius 3 is 1.06 bits per heavy atom. The summed E-state index contributed by atoms with van der Waals surface area (Å²) in [5.41, 5.74) is -3.08. The van der Waals surface area contributed by atoms with Crippen molar-refractivity contribution in [3.63, 3.8) is 0 Å². The minimum Gasteiger partial charge on any atom is -0.459 e. The van der Waals surface area contributed by atoms with Crippen LogP contribution >= 0.6 is 0 Å². The topological polar surface area (TPSA) is 191 Å². The average Bonchev–Trinajstić information content (AvgIpc) is 3.08. The summed E-state index contributed by atoms with van der Waals surface area (Å²) in [6, 6.07) is 5.62. The van der Waals surface area contributed by atoms with E-state index in [-0.39, 0.29) is 51.4 Å². The van der Waals surface area contributed by atoms with Gasteiger partial charge in [-0.15, -0.1) is 0 Å². The zero-order valence-electron chi connectivity index (χ0n) is 42.1. The van der Waals surface area contributed by atoms with Crippen LogP contribution in [0, 0.1) is 10.1 Å². The van der Waals surface area contributed by atoms with Gasteiger partial charge in [-0.1, -0.05) is 12.1 Å². The van der Waals surface area contributed by atoms with Crippen molar-refractivity contribution < 1.29 is 52.6 Å². The van der Waals surface area contributed by atoms with Gasteiger partial charge in [0.25, 0.3) is 5.69 Å². The van der Waals surface area contributed by atoms with Crippen molar-refractivity contribution in [3.8, 4) is 0 Å². The van der Waals surface area contributed by atoms with E-state index in [1.807, 2.05) is 35.5 Å². The number of carbonyl (C=O) groups is 5. The Labute approximate surface area is 387 Å². The number of benzene rings is 1. The number of carbonyl (C=O) groups excluding carboxylic acids is 5. The SMILES string of the molecule is CC(C)(C)OC(=O)CN1CCN(CC(=O)OC(C)(C)C)CCN(CC(Cc2ccc([N+](=O)[O-])cc2)N(CC(=O)OC(C)(C)C)CC(=O)OC(C)(C)C)CCN(CC(=O)OC(C)(C)C)CC1. The number of esters is 5. The van der Waals surface area contributed by atoms with Gasteiger partial charge in [0.15, 0.2) is 0 Å². The van der Waals surface area contributed by atoms with Crippen LogP contribution in [0.4, 0.5) is 5.69 Å². The van der Waals surface area contributed by atoms with Crippen molar-refractivity contribution in [2.45, 2.75) is 144 Å². The molecule has 1 saturated heterocycles. The molecule has 1 aromatic rings. The van der Waals surface area contributed by atoms with Gasteiger partial charge in [-0.2, -0.15) is 0 Å². The molecule has 1 aliphatic heterocycles. The fourth-order valence-electron chi connectivity index (χ4n) is 6.93. The number of ether oxygens (including phenoxy) is 5. The van der Waals surface area contributed by atoms with Crippen LogP contribution in [0.25, 0.3) is 0 Å². The smallest absolute Gasteiger partial charge is 0.320 e. The van der Waals surface area contributed by atoms with Crippen molar-refractivity contribution in [2.75, 3.05) is 91.6 Å². The molecular formula is C47H80N6O12. The number of hydrogen-bond donors (Lipinski definition) is 0. The highest BCUT2D eigenvalue weighted by Gasteiger charge is 2.32. The van der Waals surface area contributed by atoms with Gasteiger partial charge >= 0.3 is 29.8 Å². The van der Waals surface area contributed by atoms with Crippen molar-refractivity contribution in [1.29, 1.82) is 0 Å². The summed E-state index contributed by atoms with van der Waals surface area (Å²) in [6.45, 7) is 29.7. The van der Waals surface area contributed by atoms with Crippen LogP contribution in [0.1, 0.15) is 109 Å². The molecule has 0 amide bonds. The summed E-state index contributed by atoms with van der Waals surface area (Å²) in [5.74, 6) is -2.31. The number of nitro groups is 1. The van der Waals surface area contributed by atoms with Crippen molar-refractivity contribution in [2.24, 2.45) is 0 Å². The van der Waals surface area contributed by atoms with E-state index < -0.39 is 68.8 Å². The van der Waals surface area contributed by atoms with Crippen molar-refractivity contribution >= 4 is 35.5 Å². The molecule has 370 valence electrons. The van der Waals surface area contributed by atoms with Crippen LogP contribution in [0.2, 0.25) is 0 Å². The summed E-state index contributed by atoms with van der Waals surface area (Å²) in [7, 11) is 0. The third-order valence-corrected chi connectivity index (χ3v) is 9.36. The molecule has 18 heteroatoms. The summed E-state index contributed by atoms with van der Waals surface area (Å²) in [5, 5.41) is 11.6. The summed E-state index contributed by atoms with van der Waals surface area (Å²) >= 11 is 0. The Morgan fingerprint density at radius 2 is 0.785 bits per heavy atom. The molecule has 1 fully saturated rings. The highest BCUT2D eigenvalue weighted by Crippen LogP contribution is 2.19. The Balaban J connectivity index is 2.70. The molecule has 0 aliphatic carbocycles. The maximum absolute atomic E-state index is 13.6. The largest absolute Gasteiger partial charge is 0.459 e. The monoisotopic (exact) mass is 921 g/mol. The highest BCUT2D eigenvalue weighted by molar-refractivity contribution is 5.76. The Morgan fingerprint density at radius 1 is 0.508 bits per heavy atom. The molecule has 65 heavy (non-hydrogen) atoms. The first-order valence-electron chi connectivity index (χ1n) is 22.6. The zero-order valence-corrected chi connectivity index (χ0v) is 42.1. The highest BCUT2D eigenvalue weighted by atomic mass is 16.6. The fraction of sp³-hybridized carbons (Fsp3) is 0.766. The first kappa shape index (κ1) is 56.9. The number of non-ortho nitro benzene ring substituents is 1. The predicted molar refractivity (Wildman–Crippen MR) is 247 cm³/mol. The summed E-state index contributed by atoms with van der Waals surface area (Å²) in [6.07, 6.45) is 0.281. The van der Waals surface area contributed by atoms with Gasteiger partial charge in [0, 0.05) is 77.1 Å². The van der Waals surface area contributed by atoms with E-state index in [4.69, 9.17) is 23.7 Å². The lowest BCUT2D eigenvalue weighted by atomic mass is 10.0. The first-order valence-corrected chi connectivity index (χ1v) is 22.6. The summed E-state index contributed by atoms with van der Waals surface area (Å²) < 4.78 is 28.6. The zero-order chi connectivity index (χ0) is 49.6. The molecule has 0 aromatic heterocycles. The Bertz CT molecular complexity index is 1650. The van der Waals surface area contributed by atoms with Crippen molar-refractivity contribution in [1.82, 2.24) is 24.5 Å². The second-order valence-electron chi connectivity index (χ2n) is 21.7. The van der Waals surface area contributed by atoms with Gasteiger partial charge < -0.3 is 23.7 Å². The molecule has 1 aliphatic rings. The van der Waals surface area contributed by atoms with E-state index in [1.54, 1.807) is 100 Å². The molecule has 0 saturated carbocycles. The second-order valence-corrected chi connectivity index (χ2v) is 21.7. The quantitative estimate of drug-likeness (QED) is 0.0956. The molecule has 1 unspecified atom stereocenters. The average molecular weight is 921 g/mol. The van der Waals surface area contributed by atoms with E-state index in [9.17, 15) is 34.1 Å². The van der Waals surface area contributed by atoms with E-state index in [0.717, 1.165) is 5.56 Å². The molecular weight excluding hydrogens is 841 g/mol. The normalized spacial score (nSPS) is 16.7. The van der Waals surface area contributed by atoms with E-state index in [0.29, 0.717) is 52.4 Å². The van der Waals surface area contributed by atoms with Gasteiger partial charge in [0.1, 0.15) is 28.0 Å². The Kier molecular flexibility index (Phi) is 21.5. The number of nitrogens with zero attached hydrogens (tertiary/aromatic N) is 6. The molecule has 1 atom stereocenters. The molecule has 0 N–H and O–H groups in total. The van der Waals surface area contributed by atoms with Gasteiger partial charge in [-0.25, -0.2) is 0 Å². The van der Waals surface area contributed by atoms with E-state index in [2.05, 4.69) is 4.90 Å². The standard InChI is InChI=1S/C47H80N6O12/c1-43(2,3)61-38(54)30-49-22-20-48(21-23-50(31-39(55)62-44(4,5)6)25-27-51(26-24-49)32-40(56)63-45(7,8)9)29-37(28-35-16-18-36(19-17-35)53(59)60)52(33-41(57)64-46(10,11)12)34-42(58)65-47(13,14)15/h16-19,37H,20-34H2,1-15H3. The van der Waals surface area contributed by atoms with Gasteiger partial charge in [0.05, 0.1) is 37.6 Å². The molecule has 0 radical (unpaired) electrons. The van der Waals surface area contributed by atoms with E-state index >= 15 is 0 Å². The van der Waals surface area contributed by atoms with E-state index in [1.165, 1.54) is 12.1 Å². The first-order chi connectivity index (χ1) is 29.6. The lowest BCUT2D eigenvalue weighted by Crippen LogP contribution is -2.53. The third-order valence-electron chi connectivity index (χ3n) is 9.36. The molecule has 1 heterocycles. The second kappa shape index (κ2) is 24.5. The van der Waals surface area contributed by atoms with Crippen LogP contribution < -0.4 is 0 Å². The third kappa shape index (κ3) is 26.5. The van der Waals surface area contributed by atoms with Crippen molar-refractivity contribution in [3.05, 3.63) is 39.9 Å². The van der Waals surface area contributed by atoms with Crippen LogP contribution in [0.5, 0.6) is 0 Å². The lowest BCUT2D eigenvalue weighted by Gasteiger charge is -2.38. The van der Waals surface area contributed by atoms with Crippen LogP contribution in [-0.2, 0) is 54.1 Å². The molecule has 2 rings (SSSR count). The molecule has 18 nitrogen and oxygen atoms in total. The van der Waals surface area contributed by atoms with Crippen LogP contribution in [-0.4, -0.2) is 185 Å². The fourth-order valence-corrected chi connectivity index (χ4v) is 6.93. The minimum absolute atomic E-state index is 0.000590. The number of nitro benzene ring substituents is 1. The molecule has 1 aromatic carbocycles.